The number of nitrogens with zero attached hydrogens (tertiary/aromatic N) is 4. The Balaban J connectivity index is 0.956. The second-order valence-corrected chi connectivity index (χ2v) is 14.4. The molecule has 2 unspecified atom stereocenters. The molecule has 3 aromatic carbocycles. The minimum absolute atomic E-state index is 0.00385. The van der Waals surface area contributed by atoms with Crippen molar-refractivity contribution in [1.29, 1.82) is 0 Å². The number of hydrogen-bond donors (Lipinski definition) is 4. The molecule has 1 aromatic heterocycles. The monoisotopic (exact) mass is 700 g/mol. The van der Waals surface area contributed by atoms with E-state index in [9.17, 15) is 14.4 Å². The summed E-state index contributed by atoms with van der Waals surface area (Å²) in [6, 6.07) is 25.4. The molecule has 2 bridgehead atoms. The summed E-state index contributed by atoms with van der Waals surface area (Å²) in [6.07, 6.45) is 5.30. The Morgan fingerprint density at radius 2 is 1.50 bits per heavy atom. The van der Waals surface area contributed by atoms with Crippen LogP contribution in [0.1, 0.15) is 80.8 Å². The number of likely N-dealkylation sites (N-methyl/N-ethyl adjacent to an activating group) is 1. The number of piperidine rings is 1. The molecule has 11 nitrogen and oxygen atoms in total. The van der Waals surface area contributed by atoms with Crippen LogP contribution >= 0.6 is 0 Å². The van der Waals surface area contributed by atoms with Gasteiger partial charge in [0.25, 0.3) is 17.7 Å². The number of fused-ring (bicyclic) bond motifs is 2. The van der Waals surface area contributed by atoms with Crippen molar-refractivity contribution in [2.24, 2.45) is 5.73 Å². The maximum atomic E-state index is 13.6. The Hall–Kier alpha value is -5.42. The van der Waals surface area contributed by atoms with Gasteiger partial charge in [-0.15, -0.1) is 0 Å². The number of amides is 3. The summed E-state index contributed by atoms with van der Waals surface area (Å²) < 4.78 is 0. The second kappa shape index (κ2) is 15.1. The molecule has 5 N–H and O–H groups in total. The van der Waals surface area contributed by atoms with E-state index in [0.29, 0.717) is 27.9 Å². The summed E-state index contributed by atoms with van der Waals surface area (Å²) >= 11 is 0. The predicted molar refractivity (Wildman–Crippen MR) is 205 cm³/mol. The molecule has 3 aliphatic rings. The highest BCUT2D eigenvalue weighted by atomic mass is 16.2. The van der Waals surface area contributed by atoms with E-state index >= 15 is 0 Å². The van der Waals surface area contributed by atoms with Crippen molar-refractivity contribution >= 4 is 40.6 Å². The molecule has 4 aromatic rings. The van der Waals surface area contributed by atoms with Crippen LogP contribution in [-0.4, -0.2) is 79.0 Å². The Bertz CT molecular complexity index is 1900. The minimum atomic E-state index is -0.559. The zero-order valence-corrected chi connectivity index (χ0v) is 30.1. The van der Waals surface area contributed by atoms with E-state index in [-0.39, 0.29) is 36.0 Å². The first-order valence-electron chi connectivity index (χ1n) is 18.3. The molecule has 0 spiro atoms. The lowest BCUT2D eigenvalue weighted by atomic mass is 9.95. The third-order valence-corrected chi connectivity index (χ3v) is 11.0. The number of anilines is 4. The van der Waals surface area contributed by atoms with Crippen molar-refractivity contribution in [2.45, 2.75) is 63.7 Å². The maximum absolute atomic E-state index is 13.6. The van der Waals surface area contributed by atoms with Crippen molar-refractivity contribution in [2.75, 3.05) is 48.3 Å². The Morgan fingerprint density at radius 1 is 0.827 bits per heavy atom. The number of carbonyl (C=O) groups excluding carboxylic acids is 3. The summed E-state index contributed by atoms with van der Waals surface area (Å²) in [6.45, 7) is 8.00. The van der Waals surface area contributed by atoms with Crippen LogP contribution in [0.15, 0.2) is 85.1 Å². The van der Waals surface area contributed by atoms with Crippen LogP contribution in [0, 0.1) is 6.92 Å². The number of para-hydroxylation sites is 1. The van der Waals surface area contributed by atoms with Gasteiger partial charge in [0.1, 0.15) is 5.82 Å². The first-order chi connectivity index (χ1) is 25.1. The number of nitrogens with two attached hydrogens (primary N) is 1. The number of nitrogens with one attached hydrogen (secondary N) is 3. The average molecular weight is 701 g/mol. The van der Waals surface area contributed by atoms with Crippen LogP contribution in [0.4, 0.5) is 22.9 Å². The fourth-order valence-electron chi connectivity index (χ4n) is 8.00. The second-order valence-electron chi connectivity index (χ2n) is 14.4. The van der Waals surface area contributed by atoms with E-state index in [1.165, 1.54) is 5.69 Å². The molecule has 3 amide bonds. The largest absolute Gasteiger partial charge is 0.369 e. The van der Waals surface area contributed by atoms with Crippen molar-refractivity contribution in [3.63, 3.8) is 0 Å². The molecule has 270 valence electrons. The first kappa shape index (κ1) is 35.0. The lowest BCUT2D eigenvalue weighted by molar-refractivity contribution is 0.0922. The molecular weight excluding hydrogens is 653 g/mol. The summed E-state index contributed by atoms with van der Waals surface area (Å²) in [5, 5.41) is 9.70. The summed E-state index contributed by atoms with van der Waals surface area (Å²) in [5.41, 5.74) is 11.3. The molecule has 0 radical (unpaired) electrons. The smallest absolute Gasteiger partial charge is 0.253 e. The summed E-state index contributed by atoms with van der Waals surface area (Å²) in [7, 11) is 2.16. The van der Waals surface area contributed by atoms with Crippen molar-refractivity contribution in [3.8, 4) is 0 Å². The van der Waals surface area contributed by atoms with Crippen LogP contribution in [-0.2, 0) is 0 Å². The number of carbonyl (C=O) groups is 3. The summed E-state index contributed by atoms with van der Waals surface area (Å²) in [5.74, 6) is -0.0240. The molecular formula is C41H48N8O3. The van der Waals surface area contributed by atoms with E-state index in [1.54, 1.807) is 18.3 Å². The number of pyridine rings is 1. The lowest BCUT2D eigenvalue weighted by Gasteiger charge is -2.40. The molecule has 3 aliphatic heterocycles. The van der Waals surface area contributed by atoms with E-state index < -0.39 is 5.91 Å². The van der Waals surface area contributed by atoms with Crippen molar-refractivity contribution in [3.05, 3.63) is 113 Å². The Kier molecular flexibility index (Phi) is 10.1. The van der Waals surface area contributed by atoms with Gasteiger partial charge in [0.15, 0.2) is 0 Å². The van der Waals surface area contributed by atoms with Gasteiger partial charge in [-0.05, 0) is 106 Å². The highest BCUT2D eigenvalue weighted by Crippen LogP contribution is 2.39. The van der Waals surface area contributed by atoms with Crippen LogP contribution in [0.3, 0.4) is 0 Å². The number of aromatic nitrogens is 1. The normalized spacial score (nSPS) is 20.6. The van der Waals surface area contributed by atoms with Crippen LogP contribution in [0.2, 0.25) is 0 Å². The standard InChI is InChI=1S/C41H48N8O3/c1-26-35(16-17-36(39(42)50)38(26)45-30-7-5-4-6-8-30)41(52)46-31-23-33-14-15-34(24-31)49(33)37-18-11-29(25-43-37)40(51)44-27(2)28-9-12-32(13-10-28)48-21-19-47(3)20-22-48/h4-13,16-18,25,27,31,33-34,45H,14-15,19-24H2,1-3H3,(H2,42,50)(H,44,51)(H,46,52)/t27-,31?,33?,34?/m0/s1. The third kappa shape index (κ3) is 7.45. The van der Waals surface area contributed by atoms with Gasteiger partial charge in [-0.2, -0.15) is 0 Å². The number of piperazine rings is 1. The Labute approximate surface area is 305 Å². The number of hydrogen-bond acceptors (Lipinski definition) is 8. The van der Waals surface area contributed by atoms with Crippen LogP contribution < -0.4 is 31.5 Å². The SMILES string of the molecule is Cc1c(C(=O)NC2CC3CCC(C2)N3c2ccc(C(=O)N[C@@H](C)c3ccc(N4CCN(C)CC4)cc3)cn2)ccc(C(N)=O)c1Nc1ccccc1. The molecule has 0 saturated carbocycles. The predicted octanol–water partition coefficient (Wildman–Crippen LogP) is 5.41. The number of rotatable bonds is 10. The van der Waals surface area contributed by atoms with Crippen LogP contribution in [0.5, 0.6) is 0 Å². The number of benzene rings is 3. The molecule has 0 aliphatic carbocycles. The van der Waals surface area contributed by atoms with E-state index in [1.807, 2.05) is 56.3 Å². The van der Waals surface area contributed by atoms with Crippen LogP contribution in [0.25, 0.3) is 0 Å². The number of primary amides is 1. The van der Waals surface area contributed by atoms with Gasteiger partial charge in [0, 0.05) is 67.4 Å². The van der Waals surface area contributed by atoms with Gasteiger partial charge < -0.3 is 36.4 Å². The van der Waals surface area contributed by atoms with E-state index in [2.05, 4.69) is 62.0 Å². The highest BCUT2D eigenvalue weighted by Gasteiger charge is 2.42. The maximum Gasteiger partial charge on any atom is 0.253 e. The molecule has 7 rings (SSSR count). The zero-order chi connectivity index (χ0) is 36.4. The fraction of sp³-hybridized carbons (Fsp3) is 0.366. The highest BCUT2D eigenvalue weighted by molar-refractivity contribution is 6.04. The average Bonchev–Trinajstić information content (AvgIpc) is 3.42. The Morgan fingerprint density at radius 3 is 2.13 bits per heavy atom. The van der Waals surface area contributed by atoms with E-state index in [0.717, 1.165) is 68.9 Å². The zero-order valence-electron chi connectivity index (χ0n) is 30.1. The minimum Gasteiger partial charge on any atom is -0.369 e. The van der Waals surface area contributed by atoms with E-state index in [4.69, 9.17) is 10.7 Å². The molecule has 3 saturated heterocycles. The topological polar surface area (TPSA) is 136 Å². The quantitative estimate of drug-likeness (QED) is 0.173. The van der Waals surface area contributed by atoms with Gasteiger partial charge in [-0.25, -0.2) is 4.98 Å². The molecule has 3 fully saturated rings. The van der Waals surface area contributed by atoms with Gasteiger partial charge in [0.2, 0.25) is 0 Å². The first-order valence-corrected chi connectivity index (χ1v) is 18.3. The van der Waals surface area contributed by atoms with Gasteiger partial charge in [-0.3, -0.25) is 14.4 Å². The van der Waals surface area contributed by atoms with Gasteiger partial charge >= 0.3 is 0 Å². The fourth-order valence-corrected chi connectivity index (χ4v) is 8.00. The van der Waals surface area contributed by atoms with Crippen molar-refractivity contribution in [1.82, 2.24) is 20.5 Å². The van der Waals surface area contributed by atoms with Gasteiger partial charge in [0.05, 0.1) is 22.9 Å². The van der Waals surface area contributed by atoms with Crippen molar-refractivity contribution < 1.29 is 14.4 Å². The molecule has 52 heavy (non-hydrogen) atoms. The van der Waals surface area contributed by atoms with Gasteiger partial charge in [-0.1, -0.05) is 30.3 Å². The molecule has 11 heteroatoms. The summed E-state index contributed by atoms with van der Waals surface area (Å²) in [4.78, 5) is 51.0. The molecule has 4 heterocycles. The third-order valence-electron chi connectivity index (χ3n) is 11.0. The molecule has 3 atom stereocenters. The lowest BCUT2D eigenvalue weighted by Crippen LogP contribution is -2.50.